The lowest BCUT2D eigenvalue weighted by Crippen LogP contribution is -2.63. The Morgan fingerprint density at radius 3 is 1.07 bits per heavy atom. The van der Waals surface area contributed by atoms with Gasteiger partial charge in [0.25, 0.3) is 0 Å². The zero-order valence-electron chi connectivity index (χ0n) is 20.3. The van der Waals surface area contributed by atoms with Crippen LogP contribution >= 0.6 is 0 Å². The summed E-state index contributed by atoms with van der Waals surface area (Å²) < 4.78 is 2.64. The van der Waals surface area contributed by atoms with E-state index in [9.17, 15) is 0 Å². The molecule has 0 aromatic heterocycles. The van der Waals surface area contributed by atoms with Gasteiger partial charge >= 0.3 is 0 Å². The minimum atomic E-state index is 0.253. The zero-order valence-corrected chi connectivity index (χ0v) is 20.3. The second kappa shape index (κ2) is 7.95. The molecule has 0 bridgehead atoms. The van der Waals surface area contributed by atoms with Crippen LogP contribution in [-0.4, -0.2) is 82.8 Å². The van der Waals surface area contributed by atoms with Crippen LogP contribution in [0, 0.1) is 0 Å². The maximum atomic E-state index is 2.81. The fourth-order valence-corrected chi connectivity index (χ4v) is 5.75. The van der Waals surface area contributed by atoms with Gasteiger partial charge in [-0.05, 0) is 62.3 Å². The summed E-state index contributed by atoms with van der Waals surface area (Å²) in [6.07, 6.45) is 5.65. The Morgan fingerprint density at radius 2 is 0.852 bits per heavy atom. The van der Waals surface area contributed by atoms with E-state index < -0.39 is 0 Å². The van der Waals surface area contributed by atoms with E-state index in [1.54, 1.807) is 0 Å². The predicted octanol–water partition coefficient (Wildman–Crippen LogP) is 4.91. The van der Waals surface area contributed by atoms with Crippen LogP contribution in [0.3, 0.4) is 0 Å². The maximum absolute atomic E-state index is 2.81. The van der Waals surface area contributed by atoms with Gasteiger partial charge in [0, 0.05) is 44.3 Å². The van der Waals surface area contributed by atoms with Crippen molar-refractivity contribution in [2.45, 2.75) is 105 Å². The monoisotopic (exact) mass is 381 g/mol. The highest BCUT2D eigenvalue weighted by molar-refractivity contribution is 4.79. The van der Waals surface area contributed by atoms with E-state index in [1.165, 1.54) is 87.0 Å². The first kappa shape index (κ1) is 23.2. The van der Waals surface area contributed by atoms with Crippen LogP contribution in [0.25, 0.3) is 0 Å². The molecule has 0 spiro atoms. The van der Waals surface area contributed by atoms with Crippen LogP contribution in [0.1, 0.15) is 88.0 Å². The molecule has 0 unspecified atom stereocenters. The number of quaternary nitrogens is 2. The zero-order chi connectivity index (χ0) is 20.6. The van der Waals surface area contributed by atoms with Gasteiger partial charge in [-0.3, -0.25) is 4.90 Å². The molecule has 0 N–H and O–H groups in total. The van der Waals surface area contributed by atoms with Crippen molar-refractivity contribution in [3.8, 4) is 0 Å². The molecule has 2 rings (SSSR count). The molecule has 3 nitrogen and oxygen atoms in total. The Hall–Kier alpha value is -0.120. The summed E-state index contributed by atoms with van der Waals surface area (Å²) in [5, 5.41) is 0. The van der Waals surface area contributed by atoms with E-state index in [2.05, 4.69) is 67.2 Å². The van der Waals surface area contributed by atoms with Crippen molar-refractivity contribution in [1.82, 2.24) is 4.90 Å². The Balaban J connectivity index is 2.08. The first-order chi connectivity index (χ1) is 12.2. The van der Waals surface area contributed by atoms with Crippen molar-refractivity contribution in [3.05, 3.63) is 0 Å². The molecule has 160 valence electrons. The smallest absolute Gasteiger partial charge is 0.0920 e. The molecule has 0 saturated carbocycles. The third-order valence-electron chi connectivity index (χ3n) is 8.24. The number of rotatable bonds is 6. The van der Waals surface area contributed by atoms with E-state index in [-0.39, 0.29) is 5.54 Å². The van der Waals surface area contributed by atoms with E-state index >= 15 is 0 Å². The molecular weight excluding hydrogens is 330 g/mol. The minimum absolute atomic E-state index is 0.253. The van der Waals surface area contributed by atoms with Gasteiger partial charge in [-0.25, -0.2) is 0 Å². The molecule has 2 fully saturated rings. The molecule has 2 heterocycles. The van der Waals surface area contributed by atoms with Crippen molar-refractivity contribution < 1.29 is 8.97 Å². The van der Waals surface area contributed by atoms with Crippen LogP contribution < -0.4 is 0 Å². The standard InChI is InChI=1S/C24H51N3/c1-22(2,3)25(14-20-26(23(4,5)6)16-10-11-17-26)15-21-27(24(7,8)9)18-12-13-19-27/h10-21H2,1-9H3/q+2. The number of hydrogen-bond donors (Lipinski definition) is 0. The highest BCUT2D eigenvalue weighted by Gasteiger charge is 2.45. The average molecular weight is 382 g/mol. The van der Waals surface area contributed by atoms with Crippen LogP contribution in [0.5, 0.6) is 0 Å². The molecule has 2 saturated heterocycles. The number of hydrogen-bond acceptors (Lipinski definition) is 1. The third kappa shape index (κ3) is 5.08. The Bertz CT molecular complexity index is 425. The van der Waals surface area contributed by atoms with Gasteiger partial charge in [0.15, 0.2) is 0 Å². The van der Waals surface area contributed by atoms with Gasteiger partial charge in [0.2, 0.25) is 0 Å². The quantitative estimate of drug-likeness (QED) is 0.591. The van der Waals surface area contributed by atoms with E-state index in [0.717, 1.165) is 0 Å². The summed E-state index contributed by atoms with van der Waals surface area (Å²) in [6, 6.07) is 0. The normalized spacial score (nSPS) is 23.3. The summed E-state index contributed by atoms with van der Waals surface area (Å²) in [7, 11) is 0. The molecule has 0 radical (unpaired) electrons. The maximum Gasteiger partial charge on any atom is 0.0920 e. The van der Waals surface area contributed by atoms with Gasteiger partial charge in [-0.2, -0.15) is 0 Å². The first-order valence-electron chi connectivity index (χ1n) is 11.7. The van der Waals surface area contributed by atoms with Gasteiger partial charge in [0.05, 0.1) is 50.3 Å². The lowest BCUT2D eigenvalue weighted by molar-refractivity contribution is -0.962. The molecule has 2 aliphatic rings. The summed E-state index contributed by atoms with van der Waals surface area (Å²) in [5.74, 6) is 0. The van der Waals surface area contributed by atoms with Crippen molar-refractivity contribution in [3.63, 3.8) is 0 Å². The summed E-state index contributed by atoms with van der Waals surface area (Å²) in [6.45, 7) is 32.7. The molecular formula is C24H51N3+2. The molecule has 0 aromatic rings. The van der Waals surface area contributed by atoms with Crippen molar-refractivity contribution in [2.24, 2.45) is 0 Å². The Kier molecular flexibility index (Phi) is 6.82. The van der Waals surface area contributed by atoms with Crippen molar-refractivity contribution in [2.75, 3.05) is 52.4 Å². The van der Waals surface area contributed by atoms with Crippen LogP contribution in [0.15, 0.2) is 0 Å². The Labute approximate surface area is 171 Å². The van der Waals surface area contributed by atoms with Crippen molar-refractivity contribution in [1.29, 1.82) is 0 Å². The second-order valence-electron chi connectivity index (χ2n) is 12.5. The topological polar surface area (TPSA) is 3.24 Å². The molecule has 2 aliphatic heterocycles. The van der Waals surface area contributed by atoms with E-state index in [4.69, 9.17) is 0 Å². The number of likely N-dealkylation sites (tertiary alicyclic amines) is 2. The predicted molar refractivity (Wildman–Crippen MR) is 119 cm³/mol. The van der Waals surface area contributed by atoms with E-state index in [1.807, 2.05) is 0 Å². The number of nitrogens with zero attached hydrogens (tertiary/aromatic N) is 3. The molecule has 0 atom stereocenters. The average Bonchev–Trinajstić information content (AvgIpc) is 3.14. The molecule has 0 amide bonds. The lowest BCUT2D eigenvalue weighted by Gasteiger charge is -2.50. The minimum Gasteiger partial charge on any atom is -0.318 e. The van der Waals surface area contributed by atoms with E-state index in [0.29, 0.717) is 11.1 Å². The summed E-state index contributed by atoms with van der Waals surface area (Å²) in [4.78, 5) is 2.81. The third-order valence-corrected chi connectivity index (χ3v) is 8.24. The van der Waals surface area contributed by atoms with Gasteiger partial charge in [0.1, 0.15) is 0 Å². The largest absolute Gasteiger partial charge is 0.318 e. The Morgan fingerprint density at radius 1 is 0.556 bits per heavy atom. The molecule has 3 heteroatoms. The molecule has 0 aromatic carbocycles. The second-order valence-corrected chi connectivity index (χ2v) is 12.5. The lowest BCUT2D eigenvalue weighted by atomic mass is 10.00. The highest BCUT2D eigenvalue weighted by Crippen LogP contribution is 2.33. The van der Waals surface area contributed by atoms with Gasteiger partial charge in [-0.15, -0.1) is 0 Å². The summed E-state index contributed by atoms with van der Waals surface area (Å²) in [5.41, 5.74) is 0.992. The fraction of sp³-hybridized carbons (Fsp3) is 1.00. The van der Waals surface area contributed by atoms with Crippen molar-refractivity contribution >= 4 is 0 Å². The molecule has 0 aliphatic carbocycles. The molecule has 27 heavy (non-hydrogen) atoms. The van der Waals surface area contributed by atoms with Crippen LogP contribution in [0.2, 0.25) is 0 Å². The highest BCUT2D eigenvalue weighted by atomic mass is 15.4. The van der Waals surface area contributed by atoms with Gasteiger partial charge in [-0.1, -0.05) is 0 Å². The van der Waals surface area contributed by atoms with Gasteiger partial charge < -0.3 is 8.97 Å². The summed E-state index contributed by atoms with van der Waals surface area (Å²) >= 11 is 0. The van der Waals surface area contributed by atoms with Crippen LogP contribution in [0.4, 0.5) is 0 Å². The fourth-order valence-electron chi connectivity index (χ4n) is 5.75. The first-order valence-corrected chi connectivity index (χ1v) is 11.7. The van der Waals surface area contributed by atoms with Crippen LogP contribution in [-0.2, 0) is 0 Å². The SMILES string of the molecule is CC(C)(C)N(CC[N+]1(C(C)(C)C)CCCC1)CC[N+]1(C(C)(C)C)CCCC1.